The fraction of sp³-hybridized carbons (Fsp3) is 0.500. The first-order chi connectivity index (χ1) is 12.7. The van der Waals surface area contributed by atoms with Crippen LogP contribution in [0, 0.1) is 12.8 Å². The van der Waals surface area contributed by atoms with Gasteiger partial charge in [0.25, 0.3) is 0 Å². The van der Waals surface area contributed by atoms with Gasteiger partial charge in [0.05, 0.1) is 0 Å². The first kappa shape index (κ1) is 17.8. The molecule has 0 spiro atoms. The summed E-state index contributed by atoms with van der Waals surface area (Å²) in [5, 5.41) is 0. The number of nitrogens with two attached hydrogens (primary N) is 1. The van der Waals surface area contributed by atoms with E-state index in [1.165, 1.54) is 74.0 Å². The second kappa shape index (κ2) is 7.94. The zero-order valence-corrected chi connectivity index (χ0v) is 16.0. The molecule has 4 rings (SSSR count). The lowest BCUT2D eigenvalue weighted by molar-refractivity contribution is 0.189. The third-order valence-corrected chi connectivity index (χ3v) is 6.62. The molecule has 1 aliphatic carbocycles. The summed E-state index contributed by atoms with van der Waals surface area (Å²) < 4.78 is 0. The molecule has 1 aliphatic heterocycles. The summed E-state index contributed by atoms with van der Waals surface area (Å²) >= 11 is 0. The van der Waals surface area contributed by atoms with Crippen LogP contribution in [0.5, 0.6) is 0 Å². The van der Waals surface area contributed by atoms with Crippen molar-refractivity contribution in [3.8, 4) is 0 Å². The fourth-order valence-electron chi connectivity index (χ4n) is 4.94. The number of hydrogen-bond donors (Lipinski definition) is 1. The number of piperidine rings is 1. The summed E-state index contributed by atoms with van der Waals surface area (Å²) in [6.45, 7) is 5.85. The molecule has 1 fully saturated rings. The summed E-state index contributed by atoms with van der Waals surface area (Å²) in [4.78, 5) is 2.66. The molecule has 26 heavy (non-hydrogen) atoms. The number of benzene rings is 2. The van der Waals surface area contributed by atoms with Crippen LogP contribution in [-0.4, -0.2) is 24.5 Å². The molecule has 2 N–H and O–H groups in total. The smallest absolute Gasteiger partial charge is 0.0326 e. The molecule has 1 heterocycles. The van der Waals surface area contributed by atoms with Crippen LogP contribution in [0.25, 0.3) is 0 Å². The monoisotopic (exact) mass is 348 g/mol. The van der Waals surface area contributed by atoms with Crippen LogP contribution >= 0.6 is 0 Å². The summed E-state index contributed by atoms with van der Waals surface area (Å²) in [5.41, 5.74) is 12.4. The first-order valence-corrected chi connectivity index (χ1v) is 10.3. The molecule has 2 aromatic rings. The van der Waals surface area contributed by atoms with Gasteiger partial charge in [-0.25, -0.2) is 0 Å². The minimum atomic E-state index is 0.223. The van der Waals surface area contributed by atoms with E-state index in [-0.39, 0.29) is 6.04 Å². The summed E-state index contributed by atoms with van der Waals surface area (Å²) in [7, 11) is 0. The van der Waals surface area contributed by atoms with Crippen LogP contribution in [0.2, 0.25) is 0 Å². The highest BCUT2D eigenvalue weighted by Crippen LogP contribution is 2.36. The third kappa shape index (κ3) is 3.87. The lowest BCUT2D eigenvalue weighted by Crippen LogP contribution is -2.36. The van der Waals surface area contributed by atoms with Gasteiger partial charge in [-0.15, -0.1) is 0 Å². The number of rotatable bonds is 4. The second-order valence-corrected chi connectivity index (χ2v) is 8.34. The van der Waals surface area contributed by atoms with Crippen molar-refractivity contribution in [2.45, 2.75) is 51.0 Å². The Kier molecular flexibility index (Phi) is 5.42. The van der Waals surface area contributed by atoms with Crippen LogP contribution in [0.15, 0.2) is 48.5 Å². The van der Waals surface area contributed by atoms with E-state index in [4.69, 9.17) is 5.73 Å². The molecule has 0 saturated carbocycles. The van der Waals surface area contributed by atoms with Gasteiger partial charge in [-0.05, 0) is 87.2 Å². The predicted molar refractivity (Wildman–Crippen MR) is 109 cm³/mol. The van der Waals surface area contributed by atoms with Crippen molar-refractivity contribution in [1.29, 1.82) is 0 Å². The maximum atomic E-state index is 6.64. The molecule has 2 heteroatoms. The molecule has 2 aliphatic rings. The van der Waals surface area contributed by atoms with E-state index in [0.717, 1.165) is 5.92 Å². The summed E-state index contributed by atoms with van der Waals surface area (Å²) in [6.07, 6.45) is 6.28. The SMILES string of the molecule is Cc1ccc2c(c1)CCC(CCN1CCC(c3ccccc3)CC1)C2N. The molecule has 2 atom stereocenters. The van der Waals surface area contributed by atoms with E-state index >= 15 is 0 Å². The number of nitrogens with zero attached hydrogens (tertiary/aromatic N) is 1. The van der Waals surface area contributed by atoms with E-state index in [1.54, 1.807) is 0 Å². The fourth-order valence-corrected chi connectivity index (χ4v) is 4.94. The van der Waals surface area contributed by atoms with Crippen LogP contribution in [-0.2, 0) is 6.42 Å². The molecule has 1 saturated heterocycles. The molecule has 0 radical (unpaired) electrons. The van der Waals surface area contributed by atoms with Crippen LogP contribution in [0.4, 0.5) is 0 Å². The number of likely N-dealkylation sites (tertiary alicyclic amines) is 1. The molecular weight excluding hydrogens is 316 g/mol. The Bertz CT molecular complexity index is 716. The Morgan fingerprint density at radius 1 is 1.00 bits per heavy atom. The second-order valence-electron chi connectivity index (χ2n) is 8.34. The average Bonchev–Trinajstić information content (AvgIpc) is 2.68. The summed E-state index contributed by atoms with van der Waals surface area (Å²) in [6, 6.07) is 18.1. The van der Waals surface area contributed by atoms with Crippen molar-refractivity contribution in [2.75, 3.05) is 19.6 Å². The third-order valence-electron chi connectivity index (χ3n) is 6.62. The minimum absolute atomic E-state index is 0.223. The van der Waals surface area contributed by atoms with Gasteiger partial charge >= 0.3 is 0 Å². The Labute approximate surface area is 158 Å². The van der Waals surface area contributed by atoms with Gasteiger partial charge in [0, 0.05) is 6.04 Å². The van der Waals surface area contributed by atoms with Crippen molar-refractivity contribution in [3.05, 3.63) is 70.8 Å². The van der Waals surface area contributed by atoms with E-state index in [9.17, 15) is 0 Å². The van der Waals surface area contributed by atoms with Gasteiger partial charge in [0.1, 0.15) is 0 Å². The van der Waals surface area contributed by atoms with Gasteiger partial charge < -0.3 is 10.6 Å². The normalized spacial score (nSPS) is 24.4. The van der Waals surface area contributed by atoms with Crippen LogP contribution in [0.1, 0.15) is 59.9 Å². The van der Waals surface area contributed by atoms with Crippen molar-refractivity contribution in [1.82, 2.24) is 4.90 Å². The lowest BCUT2D eigenvalue weighted by Gasteiger charge is -2.35. The molecule has 2 aromatic carbocycles. The van der Waals surface area contributed by atoms with E-state index in [1.807, 2.05) is 0 Å². The molecular formula is C24H32N2. The standard InChI is InChI=1S/C24H32N2/c1-18-7-10-23-22(17-18)9-8-21(24(23)25)13-16-26-14-11-20(12-15-26)19-5-3-2-4-6-19/h2-7,10,17,20-21,24H,8-9,11-16,25H2,1H3. The molecule has 0 aromatic heterocycles. The zero-order valence-electron chi connectivity index (χ0n) is 16.0. The maximum absolute atomic E-state index is 6.64. The Morgan fingerprint density at radius 3 is 2.54 bits per heavy atom. The first-order valence-electron chi connectivity index (χ1n) is 10.3. The molecule has 138 valence electrons. The highest BCUT2D eigenvalue weighted by Gasteiger charge is 2.28. The number of hydrogen-bond acceptors (Lipinski definition) is 2. The molecule has 0 amide bonds. The van der Waals surface area contributed by atoms with Crippen LogP contribution < -0.4 is 5.73 Å². The molecule has 0 bridgehead atoms. The Hall–Kier alpha value is -1.64. The van der Waals surface area contributed by atoms with E-state index in [0.29, 0.717) is 5.92 Å². The Balaban J connectivity index is 1.28. The van der Waals surface area contributed by atoms with Crippen molar-refractivity contribution in [2.24, 2.45) is 11.7 Å². The van der Waals surface area contributed by atoms with Gasteiger partial charge in [0.15, 0.2) is 0 Å². The quantitative estimate of drug-likeness (QED) is 0.858. The van der Waals surface area contributed by atoms with E-state index in [2.05, 4.69) is 60.4 Å². The van der Waals surface area contributed by atoms with Crippen molar-refractivity contribution < 1.29 is 0 Å². The average molecular weight is 349 g/mol. The lowest BCUT2D eigenvalue weighted by atomic mass is 9.78. The summed E-state index contributed by atoms with van der Waals surface area (Å²) in [5.74, 6) is 1.39. The largest absolute Gasteiger partial charge is 0.324 e. The van der Waals surface area contributed by atoms with Gasteiger partial charge in [-0.1, -0.05) is 54.1 Å². The predicted octanol–water partition coefficient (Wildman–Crippen LogP) is 4.83. The number of fused-ring (bicyclic) bond motifs is 1. The molecule has 2 nitrogen and oxygen atoms in total. The number of aryl methyl sites for hydroxylation is 2. The van der Waals surface area contributed by atoms with Crippen LogP contribution in [0.3, 0.4) is 0 Å². The van der Waals surface area contributed by atoms with Crippen molar-refractivity contribution >= 4 is 0 Å². The van der Waals surface area contributed by atoms with Gasteiger partial charge in [-0.2, -0.15) is 0 Å². The molecule has 2 unspecified atom stereocenters. The van der Waals surface area contributed by atoms with Crippen molar-refractivity contribution in [3.63, 3.8) is 0 Å². The van der Waals surface area contributed by atoms with Gasteiger partial charge in [0.2, 0.25) is 0 Å². The van der Waals surface area contributed by atoms with E-state index < -0.39 is 0 Å². The topological polar surface area (TPSA) is 29.3 Å². The highest BCUT2D eigenvalue weighted by atomic mass is 15.1. The highest BCUT2D eigenvalue weighted by molar-refractivity contribution is 5.36. The zero-order chi connectivity index (χ0) is 17.9. The Morgan fingerprint density at radius 2 is 1.77 bits per heavy atom. The van der Waals surface area contributed by atoms with Gasteiger partial charge in [-0.3, -0.25) is 0 Å². The maximum Gasteiger partial charge on any atom is 0.0326 e. The minimum Gasteiger partial charge on any atom is -0.324 e.